The zero-order valence-electron chi connectivity index (χ0n) is 9.34. The number of hydrogen-bond acceptors (Lipinski definition) is 2. The average molecular weight is 185 g/mol. The Morgan fingerprint density at radius 3 is 2.00 bits per heavy atom. The Morgan fingerprint density at radius 2 is 1.69 bits per heavy atom. The molecule has 0 fully saturated rings. The Kier molecular flexibility index (Phi) is 5.97. The number of hydrogen-bond donors (Lipinski definition) is 1. The number of ketones is 1. The largest absolute Gasteiger partial charge is 0.327 e. The molecule has 0 radical (unpaired) electrons. The molecule has 0 aliphatic rings. The van der Waals surface area contributed by atoms with Crippen LogP contribution in [0.4, 0.5) is 0 Å². The molecule has 13 heavy (non-hydrogen) atoms. The van der Waals surface area contributed by atoms with Crippen LogP contribution in [0.2, 0.25) is 0 Å². The molecule has 2 N–H and O–H groups in total. The molecular weight excluding hydrogens is 162 g/mol. The maximum absolute atomic E-state index is 11.6. The van der Waals surface area contributed by atoms with E-state index < -0.39 is 0 Å². The van der Waals surface area contributed by atoms with Crippen molar-refractivity contribution in [2.45, 2.75) is 53.0 Å². The van der Waals surface area contributed by atoms with Gasteiger partial charge in [-0.25, -0.2) is 0 Å². The molecule has 0 rings (SSSR count). The lowest BCUT2D eigenvalue weighted by molar-refractivity contribution is -0.123. The molecule has 0 aromatic carbocycles. The van der Waals surface area contributed by atoms with Gasteiger partial charge in [0.2, 0.25) is 0 Å². The van der Waals surface area contributed by atoms with Crippen LogP contribution in [0.5, 0.6) is 0 Å². The topological polar surface area (TPSA) is 43.1 Å². The van der Waals surface area contributed by atoms with E-state index in [1.54, 1.807) is 0 Å². The first-order valence-electron chi connectivity index (χ1n) is 5.31. The van der Waals surface area contributed by atoms with E-state index >= 15 is 0 Å². The van der Waals surface area contributed by atoms with Gasteiger partial charge in [0.15, 0.2) is 0 Å². The van der Waals surface area contributed by atoms with E-state index in [0.29, 0.717) is 18.1 Å². The zero-order chi connectivity index (χ0) is 10.4. The third kappa shape index (κ3) is 4.41. The van der Waals surface area contributed by atoms with Crippen molar-refractivity contribution >= 4 is 5.78 Å². The van der Waals surface area contributed by atoms with Crippen molar-refractivity contribution in [1.29, 1.82) is 0 Å². The first-order valence-corrected chi connectivity index (χ1v) is 5.31. The van der Waals surface area contributed by atoms with Crippen molar-refractivity contribution in [2.75, 3.05) is 0 Å². The second kappa shape index (κ2) is 6.14. The van der Waals surface area contributed by atoms with Gasteiger partial charge < -0.3 is 5.73 Å². The fraction of sp³-hybridized carbons (Fsp3) is 0.909. The number of nitrogens with two attached hydrogens (primary N) is 1. The van der Waals surface area contributed by atoms with Gasteiger partial charge in [-0.3, -0.25) is 4.79 Å². The van der Waals surface area contributed by atoms with Crippen LogP contribution < -0.4 is 5.73 Å². The van der Waals surface area contributed by atoms with E-state index in [1.165, 1.54) is 0 Å². The molecule has 0 bridgehead atoms. The van der Waals surface area contributed by atoms with E-state index in [4.69, 9.17) is 5.73 Å². The molecular formula is C11H23NO. The standard InChI is InChI=1S/C11H23NO/c1-5-10(6-2)7-11(13)8(3)9(4)12/h8-10H,5-7,12H2,1-4H3. The minimum Gasteiger partial charge on any atom is -0.327 e. The third-order valence-electron chi connectivity index (χ3n) is 2.94. The average Bonchev–Trinajstić information content (AvgIpc) is 2.12. The molecule has 2 nitrogen and oxygen atoms in total. The molecule has 78 valence electrons. The van der Waals surface area contributed by atoms with Crippen LogP contribution in [0, 0.1) is 11.8 Å². The molecule has 0 saturated heterocycles. The van der Waals surface area contributed by atoms with Crippen molar-refractivity contribution in [2.24, 2.45) is 17.6 Å². The Hall–Kier alpha value is -0.370. The van der Waals surface area contributed by atoms with Crippen LogP contribution in [0.25, 0.3) is 0 Å². The van der Waals surface area contributed by atoms with Gasteiger partial charge in [0.1, 0.15) is 5.78 Å². The summed E-state index contributed by atoms with van der Waals surface area (Å²) in [4.78, 5) is 11.6. The van der Waals surface area contributed by atoms with E-state index in [1.807, 2.05) is 13.8 Å². The molecule has 0 aromatic rings. The highest BCUT2D eigenvalue weighted by Crippen LogP contribution is 2.16. The Balaban J connectivity index is 3.98. The van der Waals surface area contributed by atoms with E-state index in [0.717, 1.165) is 12.8 Å². The summed E-state index contributed by atoms with van der Waals surface area (Å²) in [5.74, 6) is 0.887. The van der Waals surface area contributed by atoms with Gasteiger partial charge in [0.05, 0.1) is 0 Å². The maximum atomic E-state index is 11.6. The van der Waals surface area contributed by atoms with Gasteiger partial charge in [-0.15, -0.1) is 0 Å². The minimum absolute atomic E-state index is 0.0122. The van der Waals surface area contributed by atoms with Crippen molar-refractivity contribution in [3.8, 4) is 0 Å². The van der Waals surface area contributed by atoms with Crippen molar-refractivity contribution < 1.29 is 4.79 Å². The minimum atomic E-state index is -0.0122. The van der Waals surface area contributed by atoms with Crippen LogP contribution in [0.3, 0.4) is 0 Å². The van der Waals surface area contributed by atoms with Gasteiger partial charge in [0.25, 0.3) is 0 Å². The number of Topliss-reactive ketones (excluding diaryl/α,β-unsaturated/α-hetero) is 1. The third-order valence-corrected chi connectivity index (χ3v) is 2.94. The van der Waals surface area contributed by atoms with Crippen LogP contribution in [-0.4, -0.2) is 11.8 Å². The molecule has 2 heteroatoms. The first kappa shape index (κ1) is 12.6. The van der Waals surface area contributed by atoms with Gasteiger partial charge in [-0.05, 0) is 12.8 Å². The van der Waals surface area contributed by atoms with Crippen molar-refractivity contribution in [3.05, 3.63) is 0 Å². The van der Waals surface area contributed by atoms with Crippen LogP contribution in [0.15, 0.2) is 0 Å². The second-order valence-electron chi connectivity index (χ2n) is 4.00. The summed E-state index contributed by atoms with van der Waals surface area (Å²) in [7, 11) is 0. The van der Waals surface area contributed by atoms with Crippen LogP contribution >= 0.6 is 0 Å². The van der Waals surface area contributed by atoms with E-state index in [2.05, 4.69) is 13.8 Å². The summed E-state index contributed by atoms with van der Waals surface area (Å²) in [5.41, 5.74) is 5.67. The van der Waals surface area contributed by atoms with Crippen LogP contribution in [0.1, 0.15) is 47.0 Å². The monoisotopic (exact) mass is 185 g/mol. The van der Waals surface area contributed by atoms with E-state index in [9.17, 15) is 4.79 Å². The quantitative estimate of drug-likeness (QED) is 0.690. The maximum Gasteiger partial charge on any atom is 0.137 e. The van der Waals surface area contributed by atoms with Gasteiger partial charge in [-0.1, -0.05) is 33.6 Å². The molecule has 0 saturated carbocycles. The molecule has 0 aliphatic heterocycles. The lowest BCUT2D eigenvalue weighted by Crippen LogP contribution is -2.31. The summed E-state index contributed by atoms with van der Waals surface area (Å²) in [6, 6.07) is -0.0122. The SMILES string of the molecule is CCC(CC)CC(=O)C(C)C(C)N. The second-order valence-corrected chi connectivity index (χ2v) is 4.00. The molecule has 0 aromatic heterocycles. The highest BCUT2D eigenvalue weighted by Gasteiger charge is 2.19. The number of rotatable bonds is 6. The van der Waals surface area contributed by atoms with Crippen molar-refractivity contribution in [3.63, 3.8) is 0 Å². The van der Waals surface area contributed by atoms with Crippen molar-refractivity contribution in [1.82, 2.24) is 0 Å². The molecule has 0 spiro atoms. The lowest BCUT2D eigenvalue weighted by Gasteiger charge is -2.17. The Morgan fingerprint density at radius 1 is 1.23 bits per heavy atom. The highest BCUT2D eigenvalue weighted by molar-refractivity contribution is 5.81. The fourth-order valence-corrected chi connectivity index (χ4v) is 1.34. The van der Waals surface area contributed by atoms with Gasteiger partial charge in [0, 0.05) is 18.4 Å². The molecule has 2 unspecified atom stereocenters. The summed E-state index contributed by atoms with van der Waals surface area (Å²) < 4.78 is 0. The Bertz CT molecular complexity index is 150. The first-order chi connectivity index (χ1) is 6.02. The van der Waals surface area contributed by atoms with Gasteiger partial charge in [-0.2, -0.15) is 0 Å². The van der Waals surface area contributed by atoms with E-state index in [-0.39, 0.29) is 12.0 Å². The molecule has 2 atom stereocenters. The molecule has 0 heterocycles. The van der Waals surface area contributed by atoms with Crippen LogP contribution in [-0.2, 0) is 4.79 Å². The smallest absolute Gasteiger partial charge is 0.137 e. The molecule has 0 amide bonds. The zero-order valence-corrected chi connectivity index (χ0v) is 9.34. The summed E-state index contributed by atoms with van der Waals surface area (Å²) in [5, 5.41) is 0. The summed E-state index contributed by atoms with van der Waals surface area (Å²) >= 11 is 0. The normalized spacial score (nSPS) is 15.8. The molecule has 0 aliphatic carbocycles. The number of carbonyl (C=O) groups is 1. The number of carbonyl (C=O) groups excluding carboxylic acids is 1. The summed E-state index contributed by atoms with van der Waals surface area (Å²) in [6.45, 7) is 8.10. The predicted octanol–water partition coefficient (Wildman–Crippen LogP) is 2.37. The highest BCUT2D eigenvalue weighted by atomic mass is 16.1. The predicted molar refractivity (Wildman–Crippen MR) is 56.5 cm³/mol. The fourth-order valence-electron chi connectivity index (χ4n) is 1.34. The Labute approximate surface area is 81.9 Å². The van der Waals surface area contributed by atoms with Gasteiger partial charge >= 0.3 is 0 Å². The lowest BCUT2D eigenvalue weighted by atomic mass is 9.89. The summed E-state index contributed by atoms with van der Waals surface area (Å²) in [6.07, 6.45) is 2.89.